The summed E-state index contributed by atoms with van der Waals surface area (Å²) in [6.45, 7) is 2.99. The highest BCUT2D eigenvalue weighted by Crippen LogP contribution is 2.32. The number of carbonyl (C=O) groups excluding carboxylic acids is 1. The first kappa shape index (κ1) is 26.5. The van der Waals surface area contributed by atoms with Crippen molar-refractivity contribution < 1.29 is 22.7 Å². The molecule has 3 aromatic carbocycles. The lowest BCUT2D eigenvalue weighted by molar-refractivity contribution is 0.0697. The minimum absolute atomic E-state index is 0.118. The van der Waals surface area contributed by atoms with E-state index in [9.17, 15) is 13.2 Å². The van der Waals surface area contributed by atoms with Gasteiger partial charge in [0.25, 0.3) is 5.91 Å². The molecule has 2 heterocycles. The number of aromatic nitrogens is 1. The Morgan fingerprint density at radius 1 is 0.769 bits per heavy atom. The zero-order chi connectivity index (χ0) is 27.6. The van der Waals surface area contributed by atoms with Gasteiger partial charge >= 0.3 is 0 Å². The second-order valence-electron chi connectivity index (χ2n) is 9.30. The third-order valence-electron chi connectivity index (χ3n) is 7.08. The van der Waals surface area contributed by atoms with Crippen molar-refractivity contribution in [3.63, 3.8) is 0 Å². The minimum Gasteiger partial charge on any atom is -0.497 e. The fourth-order valence-corrected chi connectivity index (χ4v) is 6.35. The molecule has 8 nitrogen and oxygen atoms in total. The molecule has 0 bridgehead atoms. The van der Waals surface area contributed by atoms with Gasteiger partial charge in [-0.2, -0.15) is 4.31 Å². The highest BCUT2D eigenvalue weighted by molar-refractivity contribution is 7.89. The van der Waals surface area contributed by atoms with Crippen LogP contribution in [0, 0.1) is 6.92 Å². The Bertz CT molecular complexity index is 1570. The van der Waals surface area contributed by atoms with Crippen molar-refractivity contribution in [2.75, 3.05) is 40.4 Å². The van der Waals surface area contributed by atoms with Gasteiger partial charge in [-0.1, -0.05) is 30.3 Å². The van der Waals surface area contributed by atoms with Crippen molar-refractivity contribution in [1.82, 2.24) is 13.8 Å². The van der Waals surface area contributed by atoms with Crippen LogP contribution in [0.3, 0.4) is 0 Å². The highest BCUT2D eigenvalue weighted by Gasteiger charge is 2.32. The topological polar surface area (TPSA) is 81.1 Å². The number of para-hydroxylation sites is 1. The molecule has 0 spiro atoms. The largest absolute Gasteiger partial charge is 0.497 e. The van der Waals surface area contributed by atoms with Gasteiger partial charge in [-0.3, -0.25) is 4.79 Å². The van der Waals surface area contributed by atoms with Crippen LogP contribution in [0.2, 0.25) is 0 Å². The summed E-state index contributed by atoms with van der Waals surface area (Å²) in [6.07, 6.45) is 0. The number of hydrogen-bond donors (Lipinski definition) is 0. The highest BCUT2D eigenvalue weighted by atomic mass is 32.2. The maximum Gasteiger partial charge on any atom is 0.255 e. The van der Waals surface area contributed by atoms with Crippen molar-refractivity contribution >= 4 is 15.9 Å². The number of benzene rings is 3. The molecule has 4 aromatic rings. The maximum absolute atomic E-state index is 13.8. The van der Waals surface area contributed by atoms with Gasteiger partial charge in [0.1, 0.15) is 11.5 Å². The molecule has 0 radical (unpaired) electrons. The fraction of sp³-hybridized carbons (Fsp3) is 0.233. The van der Waals surface area contributed by atoms with Crippen LogP contribution in [-0.2, 0) is 10.0 Å². The van der Waals surface area contributed by atoms with Crippen LogP contribution >= 0.6 is 0 Å². The average molecular weight is 546 g/mol. The van der Waals surface area contributed by atoms with E-state index in [4.69, 9.17) is 9.47 Å². The van der Waals surface area contributed by atoms with Gasteiger partial charge in [-0.15, -0.1) is 0 Å². The number of rotatable bonds is 7. The van der Waals surface area contributed by atoms with Gasteiger partial charge in [0.2, 0.25) is 10.0 Å². The van der Waals surface area contributed by atoms with E-state index in [-0.39, 0.29) is 23.9 Å². The number of piperazine rings is 1. The minimum atomic E-state index is -3.67. The first-order chi connectivity index (χ1) is 18.8. The third-order valence-corrected chi connectivity index (χ3v) is 8.99. The van der Waals surface area contributed by atoms with Crippen LogP contribution in [0.25, 0.3) is 16.9 Å². The summed E-state index contributed by atoms with van der Waals surface area (Å²) in [5.74, 6) is 1.20. The van der Waals surface area contributed by atoms with E-state index >= 15 is 0 Å². The van der Waals surface area contributed by atoms with E-state index < -0.39 is 10.0 Å². The molecule has 0 atom stereocenters. The SMILES string of the molecule is COc1ccc(S(=O)(=O)N2CCN(C(=O)c3cc(-c4cccc(OC)c4)n(-c4ccccc4)c3C)CC2)cc1. The molecule has 9 heteroatoms. The second kappa shape index (κ2) is 11.0. The predicted molar refractivity (Wildman–Crippen MR) is 150 cm³/mol. The van der Waals surface area contributed by atoms with Gasteiger partial charge in [-0.25, -0.2) is 8.42 Å². The molecule has 0 unspecified atom stereocenters. The van der Waals surface area contributed by atoms with Gasteiger partial charge in [0, 0.05) is 43.1 Å². The van der Waals surface area contributed by atoms with Crippen LogP contribution in [-0.4, -0.2) is 68.5 Å². The molecule has 1 aliphatic rings. The van der Waals surface area contributed by atoms with Crippen molar-refractivity contribution in [3.05, 3.63) is 96.2 Å². The molecule has 202 valence electrons. The van der Waals surface area contributed by atoms with Crippen molar-refractivity contribution in [1.29, 1.82) is 0 Å². The van der Waals surface area contributed by atoms with E-state index in [0.717, 1.165) is 28.4 Å². The van der Waals surface area contributed by atoms with Crippen LogP contribution in [0.4, 0.5) is 0 Å². The molecule has 1 saturated heterocycles. The summed E-state index contributed by atoms with van der Waals surface area (Å²) in [7, 11) is -0.501. The predicted octanol–water partition coefficient (Wildman–Crippen LogP) is 4.62. The quantitative estimate of drug-likeness (QED) is 0.339. The average Bonchev–Trinajstić information content (AvgIpc) is 3.34. The Balaban J connectivity index is 1.41. The number of nitrogens with zero attached hydrogens (tertiary/aromatic N) is 3. The molecule has 5 rings (SSSR count). The van der Waals surface area contributed by atoms with Gasteiger partial charge in [0.05, 0.1) is 30.4 Å². The molecule has 0 N–H and O–H groups in total. The van der Waals surface area contributed by atoms with Gasteiger partial charge < -0.3 is 18.9 Å². The lowest BCUT2D eigenvalue weighted by Gasteiger charge is -2.34. The van der Waals surface area contributed by atoms with E-state index in [1.54, 1.807) is 36.3 Å². The summed E-state index contributed by atoms with van der Waals surface area (Å²) in [5.41, 5.74) is 4.15. The van der Waals surface area contributed by atoms with Crippen LogP contribution in [0.1, 0.15) is 16.1 Å². The molecular weight excluding hydrogens is 514 g/mol. The van der Waals surface area contributed by atoms with Crippen molar-refractivity contribution in [3.8, 4) is 28.4 Å². The number of sulfonamides is 1. The lowest BCUT2D eigenvalue weighted by atomic mass is 10.1. The normalized spacial score (nSPS) is 14.3. The van der Waals surface area contributed by atoms with E-state index in [0.29, 0.717) is 24.4 Å². The Labute approximate surface area is 229 Å². The standard InChI is InChI=1S/C30H31N3O5S/c1-22-28(21-29(23-8-7-11-26(20-23)38-3)33(22)24-9-5-4-6-10-24)30(34)31-16-18-32(19-17-31)39(35,36)27-14-12-25(37-2)13-15-27/h4-15,20-21H,16-19H2,1-3H3. The molecule has 39 heavy (non-hydrogen) atoms. The number of carbonyl (C=O) groups is 1. The molecule has 0 aliphatic carbocycles. The van der Waals surface area contributed by atoms with Gasteiger partial charge in [0.15, 0.2) is 0 Å². The Morgan fingerprint density at radius 3 is 2.08 bits per heavy atom. The lowest BCUT2D eigenvalue weighted by Crippen LogP contribution is -2.50. The van der Waals surface area contributed by atoms with E-state index in [1.807, 2.05) is 67.6 Å². The first-order valence-corrected chi connectivity index (χ1v) is 14.1. The fourth-order valence-electron chi connectivity index (χ4n) is 4.93. The molecule has 1 fully saturated rings. The van der Waals surface area contributed by atoms with Crippen molar-refractivity contribution in [2.45, 2.75) is 11.8 Å². The Hall–Kier alpha value is -4.08. The first-order valence-electron chi connectivity index (χ1n) is 12.7. The molecule has 1 aromatic heterocycles. The van der Waals surface area contributed by atoms with Crippen LogP contribution in [0.15, 0.2) is 89.8 Å². The summed E-state index contributed by atoms with van der Waals surface area (Å²) in [5, 5.41) is 0. The summed E-state index contributed by atoms with van der Waals surface area (Å²) in [4.78, 5) is 15.7. The summed E-state index contributed by atoms with van der Waals surface area (Å²) in [6, 6.07) is 25.9. The number of ether oxygens (including phenoxy) is 2. The Morgan fingerprint density at radius 2 is 1.44 bits per heavy atom. The zero-order valence-corrected chi connectivity index (χ0v) is 23.0. The maximum atomic E-state index is 13.8. The second-order valence-corrected chi connectivity index (χ2v) is 11.2. The molecule has 0 saturated carbocycles. The van der Waals surface area contributed by atoms with Crippen LogP contribution in [0.5, 0.6) is 11.5 Å². The summed E-state index contributed by atoms with van der Waals surface area (Å²) < 4.78 is 40.4. The van der Waals surface area contributed by atoms with Crippen molar-refractivity contribution in [2.24, 2.45) is 0 Å². The monoisotopic (exact) mass is 545 g/mol. The third kappa shape index (κ3) is 5.15. The number of hydrogen-bond acceptors (Lipinski definition) is 5. The van der Waals surface area contributed by atoms with Crippen LogP contribution < -0.4 is 9.47 Å². The zero-order valence-electron chi connectivity index (χ0n) is 22.2. The summed E-state index contributed by atoms with van der Waals surface area (Å²) >= 11 is 0. The van der Waals surface area contributed by atoms with Gasteiger partial charge in [-0.05, 0) is 61.5 Å². The number of amides is 1. The number of methoxy groups -OCH3 is 2. The molecular formula is C30H31N3O5S. The van der Waals surface area contributed by atoms with E-state index in [1.165, 1.54) is 11.4 Å². The Kier molecular flexibility index (Phi) is 7.45. The smallest absolute Gasteiger partial charge is 0.255 e. The molecule has 1 amide bonds. The molecule has 1 aliphatic heterocycles. The van der Waals surface area contributed by atoms with E-state index in [2.05, 4.69) is 4.57 Å².